The molecule has 3 N–H and O–H groups in total. The summed E-state index contributed by atoms with van der Waals surface area (Å²) in [5.74, 6) is 1.35. The zero-order valence-corrected chi connectivity index (χ0v) is 19.4. The second-order valence-corrected chi connectivity index (χ2v) is 9.04. The number of anilines is 1. The molecule has 0 spiro atoms. The van der Waals surface area contributed by atoms with Crippen LogP contribution in [0, 0.1) is 11.7 Å². The average molecular weight is 456 g/mol. The Bertz CT molecular complexity index is 992. The highest BCUT2D eigenvalue weighted by Gasteiger charge is 2.25. The minimum atomic E-state index is -0.222. The van der Waals surface area contributed by atoms with Gasteiger partial charge < -0.3 is 15.5 Å². The fourth-order valence-electron chi connectivity index (χ4n) is 4.61. The Kier molecular flexibility index (Phi) is 7.45. The molecule has 0 saturated heterocycles. The lowest BCUT2D eigenvalue weighted by Crippen LogP contribution is -2.41. The van der Waals surface area contributed by atoms with Crippen LogP contribution in [0.25, 0.3) is 5.70 Å². The number of aromatic nitrogens is 1. The minimum Gasteiger partial charge on any atom is -0.367 e. The first-order valence-electron chi connectivity index (χ1n) is 11.2. The lowest BCUT2D eigenvalue weighted by molar-refractivity contribution is 0.339. The first kappa shape index (κ1) is 22.8. The van der Waals surface area contributed by atoms with Gasteiger partial charge in [0.25, 0.3) is 0 Å². The van der Waals surface area contributed by atoms with Crippen LogP contribution in [0.1, 0.15) is 30.4 Å². The lowest BCUT2D eigenvalue weighted by Gasteiger charge is -2.33. The van der Waals surface area contributed by atoms with Crippen LogP contribution < -0.4 is 16.0 Å². The number of pyridine rings is 1. The molecule has 7 heteroatoms. The number of hydrogen-bond donors (Lipinski definition) is 3. The van der Waals surface area contributed by atoms with E-state index in [1.807, 2.05) is 32.3 Å². The Morgan fingerprint density at radius 3 is 2.94 bits per heavy atom. The van der Waals surface area contributed by atoms with E-state index in [-0.39, 0.29) is 12.0 Å². The molecule has 170 valence electrons. The Morgan fingerprint density at radius 2 is 2.12 bits per heavy atom. The molecule has 1 aromatic heterocycles. The van der Waals surface area contributed by atoms with Crippen LogP contribution in [0.3, 0.4) is 0 Å². The molecule has 1 saturated carbocycles. The summed E-state index contributed by atoms with van der Waals surface area (Å²) in [7, 11) is 4.04. The molecule has 2 heterocycles. The van der Waals surface area contributed by atoms with Gasteiger partial charge in [-0.05, 0) is 74.7 Å². The molecule has 1 fully saturated rings. The highest BCUT2D eigenvalue weighted by atomic mass is 35.5. The summed E-state index contributed by atoms with van der Waals surface area (Å²) in [6.07, 6.45) is 11.4. The van der Waals surface area contributed by atoms with Gasteiger partial charge in [-0.25, -0.2) is 9.37 Å². The summed E-state index contributed by atoms with van der Waals surface area (Å²) in [4.78, 5) is 6.66. The van der Waals surface area contributed by atoms with Crippen molar-refractivity contribution in [3.8, 4) is 0 Å². The SMILES string of the molecule is CNCC1CCC(Nc2cc(C3=CC=CC(NCc4cccc(F)c4)N3C)c(Cl)cn2)C1. The molecule has 0 radical (unpaired) electrons. The number of nitrogens with one attached hydrogen (secondary N) is 3. The standard InChI is InChI=1S/C25H31ClFN5/c1-28-14-18-9-10-20(12-18)31-24-13-21(22(26)16-29-24)23-7-4-8-25(32(23)2)30-15-17-5-3-6-19(27)11-17/h3-8,11,13,16,18,20,25,28,30H,9-10,12,14-15H2,1-2H3,(H,29,31). The van der Waals surface area contributed by atoms with E-state index in [9.17, 15) is 4.39 Å². The third-order valence-corrected chi connectivity index (χ3v) is 6.57. The zero-order valence-electron chi connectivity index (χ0n) is 18.6. The van der Waals surface area contributed by atoms with Crippen molar-refractivity contribution in [3.05, 3.63) is 76.7 Å². The van der Waals surface area contributed by atoms with E-state index < -0.39 is 0 Å². The van der Waals surface area contributed by atoms with Crippen molar-refractivity contribution in [2.24, 2.45) is 5.92 Å². The number of halogens is 2. The Labute approximate surface area is 194 Å². The van der Waals surface area contributed by atoms with Crippen molar-refractivity contribution in [2.75, 3.05) is 26.0 Å². The maximum Gasteiger partial charge on any atom is 0.126 e. The third kappa shape index (κ3) is 5.49. The maximum absolute atomic E-state index is 13.5. The van der Waals surface area contributed by atoms with Crippen molar-refractivity contribution < 1.29 is 4.39 Å². The molecule has 1 aromatic carbocycles. The molecular formula is C25H31ClFN5. The van der Waals surface area contributed by atoms with Gasteiger partial charge in [-0.15, -0.1) is 0 Å². The van der Waals surface area contributed by atoms with E-state index in [1.54, 1.807) is 18.3 Å². The monoisotopic (exact) mass is 455 g/mol. The molecular weight excluding hydrogens is 425 g/mol. The highest BCUT2D eigenvalue weighted by molar-refractivity contribution is 6.32. The summed E-state index contributed by atoms with van der Waals surface area (Å²) < 4.78 is 13.5. The predicted octanol–water partition coefficient (Wildman–Crippen LogP) is 4.63. The number of benzene rings is 1. The largest absolute Gasteiger partial charge is 0.367 e. The van der Waals surface area contributed by atoms with Gasteiger partial charge in [0.2, 0.25) is 0 Å². The van der Waals surface area contributed by atoms with E-state index in [0.29, 0.717) is 23.5 Å². The fourth-order valence-corrected chi connectivity index (χ4v) is 4.81. The summed E-state index contributed by atoms with van der Waals surface area (Å²) in [5, 5.41) is 11.0. The average Bonchev–Trinajstić information content (AvgIpc) is 3.22. The van der Waals surface area contributed by atoms with Gasteiger partial charge >= 0.3 is 0 Å². The lowest BCUT2D eigenvalue weighted by atomic mass is 10.1. The summed E-state index contributed by atoms with van der Waals surface area (Å²) in [6.45, 7) is 1.63. The van der Waals surface area contributed by atoms with E-state index in [2.05, 4.69) is 38.0 Å². The zero-order chi connectivity index (χ0) is 22.5. The third-order valence-electron chi connectivity index (χ3n) is 6.27. The number of rotatable bonds is 8. The molecule has 1 aliphatic carbocycles. The maximum atomic E-state index is 13.5. The van der Waals surface area contributed by atoms with E-state index in [1.165, 1.54) is 12.5 Å². The van der Waals surface area contributed by atoms with Crippen LogP contribution >= 0.6 is 11.6 Å². The second-order valence-electron chi connectivity index (χ2n) is 8.63. The molecule has 3 unspecified atom stereocenters. The van der Waals surface area contributed by atoms with E-state index in [4.69, 9.17) is 11.6 Å². The topological polar surface area (TPSA) is 52.2 Å². The van der Waals surface area contributed by atoms with Gasteiger partial charge in [-0.1, -0.05) is 29.8 Å². The Morgan fingerprint density at radius 1 is 1.25 bits per heavy atom. The van der Waals surface area contributed by atoms with Crippen LogP contribution in [0.5, 0.6) is 0 Å². The summed E-state index contributed by atoms with van der Waals surface area (Å²) >= 11 is 6.56. The van der Waals surface area contributed by atoms with Gasteiger partial charge in [-0.2, -0.15) is 0 Å². The van der Waals surface area contributed by atoms with Gasteiger partial charge in [0.1, 0.15) is 11.6 Å². The molecule has 32 heavy (non-hydrogen) atoms. The van der Waals surface area contributed by atoms with Crippen molar-refractivity contribution in [1.29, 1.82) is 0 Å². The minimum absolute atomic E-state index is 0.0314. The first-order chi connectivity index (χ1) is 15.5. The summed E-state index contributed by atoms with van der Waals surface area (Å²) in [5.41, 5.74) is 2.86. The van der Waals surface area contributed by atoms with Crippen LogP contribution in [-0.2, 0) is 6.54 Å². The predicted molar refractivity (Wildman–Crippen MR) is 130 cm³/mol. The van der Waals surface area contributed by atoms with Crippen molar-refractivity contribution >= 4 is 23.1 Å². The summed E-state index contributed by atoms with van der Waals surface area (Å²) in [6, 6.07) is 9.14. The molecule has 4 rings (SSSR count). The number of allylic oxidation sites excluding steroid dienone is 2. The Hall–Kier alpha value is -2.41. The number of likely N-dealkylation sites (N-methyl/N-ethyl adjacent to an activating group) is 1. The van der Waals surface area contributed by atoms with E-state index >= 15 is 0 Å². The first-order valence-corrected chi connectivity index (χ1v) is 11.6. The molecule has 0 amide bonds. The van der Waals surface area contributed by atoms with Crippen molar-refractivity contribution in [1.82, 2.24) is 20.5 Å². The Balaban J connectivity index is 1.43. The highest BCUT2D eigenvalue weighted by Crippen LogP contribution is 2.32. The molecule has 5 nitrogen and oxygen atoms in total. The molecule has 2 aliphatic rings. The van der Waals surface area contributed by atoms with Crippen LogP contribution in [0.4, 0.5) is 10.2 Å². The van der Waals surface area contributed by atoms with Crippen LogP contribution in [-0.4, -0.2) is 42.7 Å². The smallest absolute Gasteiger partial charge is 0.126 e. The van der Waals surface area contributed by atoms with Gasteiger partial charge in [0, 0.05) is 37.1 Å². The van der Waals surface area contributed by atoms with Crippen LogP contribution in [0.2, 0.25) is 5.02 Å². The van der Waals surface area contributed by atoms with Gasteiger partial charge in [0.15, 0.2) is 0 Å². The van der Waals surface area contributed by atoms with Crippen molar-refractivity contribution in [2.45, 2.75) is 38.0 Å². The van der Waals surface area contributed by atoms with Crippen molar-refractivity contribution in [3.63, 3.8) is 0 Å². The molecule has 2 aromatic rings. The quantitative estimate of drug-likeness (QED) is 0.541. The second kappa shape index (κ2) is 10.5. The molecule has 1 aliphatic heterocycles. The fraction of sp³-hybridized carbons (Fsp3) is 0.400. The van der Waals surface area contributed by atoms with Gasteiger partial charge in [0.05, 0.1) is 11.2 Å². The van der Waals surface area contributed by atoms with E-state index in [0.717, 1.165) is 42.0 Å². The number of hydrogen-bond acceptors (Lipinski definition) is 5. The number of nitrogens with zero attached hydrogens (tertiary/aromatic N) is 2. The molecule has 3 atom stereocenters. The molecule has 0 bridgehead atoms. The van der Waals surface area contributed by atoms with Gasteiger partial charge in [-0.3, -0.25) is 5.32 Å². The van der Waals surface area contributed by atoms with Crippen LogP contribution in [0.15, 0.2) is 54.8 Å². The normalized spacial score (nSPS) is 22.8.